The first kappa shape index (κ1) is 20.0. The molecule has 158 valence electrons. The van der Waals surface area contributed by atoms with Crippen molar-refractivity contribution in [3.8, 4) is 5.69 Å². The van der Waals surface area contributed by atoms with Gasteiger partial charge in [0.15, 0.2) is 0 Å². The van der Waals surface area contributed by atoms with Crippen molar-refractivity contribution in [2.24, 2.45) is 5.92 Å². The van der Waals surface area contributed by atoms with Gasteiger partial charge in [0.05, 0.1) is 30.0 Å². The molecule has 0 radical (unpaired) electrons. The molecule has 2 aliphatic rings. The van der Waals surface area contributed by atoms with Crippen LogP contribution >= 0.6 is 0 Å². The molecule has 1 saturated heterocycles. The molecule has 0 N–H and O–H groups in total. The lowest BCUT2D eigenvalue weighted by molar-refractivity contribution is 0.0979. The second-order valence-electron chi connectivity index (χ2n) is 8.66. The van der Waals surface area contributed by atoms with E-state index in [-0.39, 0.29) is 17.3 Å². The van der Waals surface area contributed by atoms with E-state index in [1.807, 2.05) is 10.9 Å². The third-order valence-electron chi connectivity index (χ3n) is 7.02. The van der Waals surface area contributed by atoms with Crippen LogP contribution in [0.2, 0.25) is 0 Å². The molecule has 5 rings (SSSR count). The number of fused-ring (bicyclic) bond motifs is 2. The fraction of sp³-hybridized carbons (Fsp3) is 0.435. The van der Waals surface area contributed by atoms with E-state index < -0.39 is 11.4 Å². The highest BCUT2D eigenvalue weighted by Gasteiger charge is 2.56. The van der Waals surface area contributed by atoms with Crippen LogP contribution in [-0.2, 0) is 21.5 Å². The number of nitrogens with zero attached hydrogens (tertiary/aromatic N) is 3. The Bertz CT molecular complexity index is 1080. The molecular weight excluding hydrogens is 401 g/mol. The third-order valence-corrected chi connectivity index (χ3v) is 8.03. The maximum absolute atomic E-state index is 13.3. The molecule has 1 aromatic heterocycles. The molecule has 2 heterocycles. The van der Waals surface area contributed by atoms with Crippen molar-refractivity contribution in [3.05, 3.63) is 59.5 Å². The predicted octanol–water partition coefficient (Wildman–Crippen LogP) is 3.74. The van der Waals surface area contributed by atoms with Crippen molar-refractivity contribution >= 4 is 22.3 Å². The van der Waals surface area contributed by atoms with E-state index in [9.17, 15) is 8.94 Å². The lowest BCUT2D eigenvalue weighted by atomic mass is 9.72. The Labute approximate surface area is 179 Å². The molecule has 0 amide bonds. The van der Waals surface area contributed by atoms with Crippen LogP contribution in [0.5, 0.6) is 0 Å². The van der Waals surface area contributed by atoms with Gasteiger partial charge in [-0.05, 0) is 73.2 Å². The van der Waals surface area contributed by atoms with Crippen LogP contribution < -0.4 is 0 Å². The first-order valence-corrected chi connectivity index (χ1v) is 11.8. The molecule has 1 aliphatic carbocycles. The van der Waals surface area contributed by atoms with Crippen LogP contribution in [0.4, 0.5) is 4.39 Å². The second-order valence-corrected chi connectivity index (χ2v) is 10.0. The number of rotatable bonds is 4. The summed E-state index contributed by atoms with van der Waals surface area (Å²) in [7, 11) is 1.79. The summed E-state index contributed by atoms with van der Waals surface area (Å²) in [5.41, 5.74) is 4.31. The number of ether oxygens (including phenoxy) is 1. The number of aryl methyl sites for hydroxylation is 1. The van der Waals surface area contributed by atoms with Gasteiger partial charge in [-0.2, -0.15) is 5.10 Å². The zero-order valence-electron chi connectivity index (χ0n) is 17.5. The van der Waals surface area contributed by atoms with Gasteiger partial charge in [0.1, 0.15) is 12.1 Å². The topological polar surface area (TPSA) is 53.4 Å². The smallest absolute Gasteiger partial charge is 0.123 e. The highest BCUT2D eigenvalue weighted by molar-refractivity contribution is 7.88. The average Bonchev–Trinajstić information content (AvgIpc) is 3.38. The van der Waals surface area contributed by atoms with Crippen LogP contribution in [0.25, 0.3) is 16.6 Å². The van der Waals surface area contributed by atoms with Gasteiger partial charge in [-0.25, -0.2) is 9.07 Å². The summed E-state index contributed by atoms with van der Waals surface area (Å²) in [6.45, 7) is 3.78. The van der Waals surface area contributed by atoms with Crippen LogP contribution in [0, 0.1) is 18.7 Å². The molecule has 4 atom stereocenters. The molecule has 0 spiro atoms. The number of aromatic nitrogens is 2. The fourth-order valence-electron chi connectivity index (χ4n) is 5.56. The number of hydrogen-bond acceptors (Lipinski definition) is 4. The van der Waals surface area contributed by atoms with Crippen molar-refractivity contribution in [1.29, 1.82) is 0 Å². The Morgan fingerprint density at radius 3 is 2.73 bits per heavy atom. The molecule has 0 bridgehead atoms. The molecule has 1 aliphatic heterocycles. The van der Waals surface area contributed by atoms with Gasteiger partial charge < -0.3 is 9.29 Å². The van der Waals surface area contributed by atoms with Crippen molar-refractivity contribution in [1.82, 2.24) is 14.1 Å². The van der Waals surface area contributed by atoms with E-state index in [0.29, 0.717) is 5.92 Å². The van der Waals surface area contributed by atoms with E-state index in [1.54, 1.807) is 25.5 Å². The summed E-state index contributed by atoms with van der Waals surface area (Å²) in [6, 6.07) is 10.8. The molecule has 5 nitrogen and oxygen atoms in total. The highest BCUT2D eigenvalue weighted by Crippen LogP contribution is 2.53. The molecule has 2 fully saturated rings. The zero-order valence-corrected chi connectivity index (χ0v) is 18.3. The van der Waals surface area contributed by atoms with Crippen molar-refractivity contribution in [2.75, 3.05) is 26.5 Å². The third kappa shape index (κ3) is 3.07. The summed E-state index contributed by atoms with van der Waals surface area (Å²) < 4.78 is 35.3. The fourth-order valence-corrected chi connectivity index (χ4v) is 6.36. The summed E-state index contributed by atoms with van der Waals surface area (Å²) >= 11 is -0.974. The Morgan fingerprint density at radius 1 is 1.27 bits per heavy atom. The monoisotopic (exact) mass is 427 g/mol. The van der Waals surface area contributed by atoms with Gasteiger partial charge in [0.25, 0.3) is 0 Å². The minimum atomic E-state index is -0.974. The van der Waals surface area contributed by atoms with Crippen LogP contribution in [-0.4, -0.2) is 51.2 Å². The van der Waals surface area contributed by atoms with Gasteiger partial charge in [0.2, 0.25) is 0 Å². The van der Waals surface area contributed by atoms with E-state index in [2.05, 4.69) is 28.5 Å². The van der Waals surface area contributed by atoms with Crippen LogP contribution in [0.15, 0.2) is 42.6 Å². The van der Waals surface area contributed by atoms with E-state index >= 15 is 0 Å². The minimum absolute atomic E-state index is 0.0530. The maximum Gasteiger partial charge on any atom is 0.123 e. The van der Waals surface area contributed by atoms with Gasteiger partial charge >= 0.3 is 0 Å². The van der Waals surface area contributed by atoms with Gasteiger partial charge in [-0.1, -0.05) is 0 Å². The quantitative estimate of drug-likeness (QED) is 0.595. The van der Waals surface area contributed by atoms with Gasteiger partial charge in [-0.3, -0.25) is 0 Å². The Morgan fingerprint density at radius 2 is 2.03 bits per heavy atom. The second kappa shape index (κ2) is 7.34. The summed E-state index contributed by atoms with van der Waals surface area (Å²) in [6.07, 6.45) is 5.82. The Hall–Kier alpha value is -1.93. The van der Waals surface area contributed by atoms with E-state index in [0.717, 1.165) is 42.5 Å². The number of methoxy groups -OCH3 is 1. The van der Waals surface area contributed by atoms with Crippen LogP contribution in [0.1, 0.15) is 24.0 Å². The summed E-state index contributed by atoms with van der Waals surface area (Å²) in [5, 5.41) is 5.63. The SMILES string of the molecule is COC1CC2CN([S+](C)[O-])CC2(c2cc3cnn(-c4ccc(F)cc4)c3cc2C)C1. The standard InChI is InChI=1S/C23H26FN3O2S/c1-15-8-22-16(12-25-27(22)19-6-4-18(24)5-7-19)9-21(15)23-11-20(29-2)10-17(23)13-26(14-23)30(3)28/h4-9,12,17,20H,10-11,13-14H2,1-3H3. The first-order chi connectivity index (χ1) is 14.4. The minimum Gasteiger partial charge on any atom is -0.598 e. The molecule has 1 saturated carbocycles. The van der Waals surface area contributed by atoms with Crippen molar-refractivity contribution in [3.63, 3.8) is 0 Å². The lowest BCUT2D eigenvalue weighted by Crippen LogP contribution is -2.35. The number of hydrogen-bond donors (Lipinski definition) is 0. The zero-order chi connectivity index (χ0) is 21.0. The molecule has 7 heteroatoms. The molecule has 2 aromatic carbocycles. The molecule has 4 unspecified atom stereocenters. The first-order valence-electron chi connectivity index (χ1n) is 10.3. The Balaban J connectivity index is 1.60. The summed E-state index contributed by atoms with van der Waals surface area (Å²) in [4.78, 5) is 0. The lowest BCUT2D eigenvalue weighted by Gasteiger charge is -2.31. The van der Waals surface area contributed by atoms with Crippen LogP contribution in [0.3, 0.4) is 0 Å². The van der Waals surface area contributed by atoms with Gasteiger partial charge in [-0.15, -0.1) is 4.31 Å². The summed E-state index contributed by atoms with van der Waals surface area (Å²) in [5.74, 6) is 0.168. The van der Waals surface area contributed by atoms with Crippen molar-refractivity contribution in [2.45, 2.75) is 31.3 Å². The molecule has 3 aromatic rings. The Kier molecular flexibility index (Phi) is 4.89. The number of benzene rings is 2. The predicted molar refractivity (Wildman–Crippen MR) is 117 cm³/mol. The normalized spacial score (nSPS) is 27.6. The van der Waals surface area contributed by atoms with E-state index in [4.69, 9.17) is 4.74 Å². The van der Waals surface area contributed by atoms with E-state index in [1.165, 1.54) is 23.3 Å². The van der Waals surface area contributed by atoms with Gasteiger partial charge in [0, 0.05) is 35.8 Å². The largest absolute Gasteiger partial charge is 0.598 e. The molecular formula is C23H26FN3O2S. The number of halogens is 1. The maximum atomic E-state index is 13.3. The average molecular weight is 428 g/mol. The highest BCUT2D eigenvalue weighted by atomic mass is 32.2. The molecule has 30 heavy (non-hydrogen) atoms. The van der Waals surface area contributed by atoms with Crippen molar-refractivity contribution < 1.29 is 13.7 Å².